The molecule has 158 valence electrons. The van der Waals surface area contributed by atoms with Gasteiger partial charge in [-0.25, -0.2) is 4.98 Å². The molecule has 0 aliphatic carbocycles. The SMILES string of the molecule is Cc1cn(-c2cc(N(C)C(c3ccccc3)c3ccccc3)cc(C(F)(F)F)c2)cn1. The molecule has 0 spiro atoms. The van der Waals surface area contributed by atoms with Crippen LogP contribution in [0.15, 0.2) is 91.4 Å². The number of halogens is 3. The average Bonchev–Trinajstić information content (AvgIpc) is 3.21. The van der Waals surface area contributed by atoms with Gasteiger partial charge in [0.15, 0.2) is 0 Å². The van der Waals surface area contributed by atoms with E-state index in [1.54, 1.807) is 23.8 Å². The Morgan fingerprint density at radius 2 is 1.45 bits per heavy atom. The first-order chi connectivity index (χ1) is 14.8. The second-order valence-corrected chi connectivity index (χ2v) is 7.49. The highest BCUT2D eigenvalue weighted by atomic mass is 19.4. The van der Waals surface area contributed by atoms with Crippen molar-refractivity contribution >= 4 is 5.69 Å². The van der Waals surface area contributed by atoms with Gasteiger partial charge in [-0.05, 0) is 36.2 Å². The van der Waals surface area contributed by atoms with Gasteiger partial charge in [-0.15, -0.1) is 0 Å². The smallest absolute Gasteiger partial charge is 0.363 e. The summed E-state index contributed by atoms with van der Waals surface area (Å²) in [6.45, 7) is 1.80. The number of hydrogen-bond donors (Lipinski definition) is 0. The third-order valence-corrected chi connectivity index (χ3v) is 5.26. The van der Waals surface area contributed by atoms with Crippen LogP contribution in [-0.2, 0) is 6.18 Å². The van der Waals surface area contributed by atoms with E-state index in [-0.39, 0.29) is 6.04 Å². The number of aromatic nitrogens is 2. The van der Waals surface area contributed by atoms with E-state index in [4.69, 9.17) is 0 Å². The van der Waals surface area contributed by atoms with Crippen molar-refractivity contribution < 1.29 is 13.2 Å². The number of hydrogen-bond acceptors (Lipinski definition) is 2. The molecule has 0 radical (unpaired) electrons. The summed E-state index contributed by atoms with van der Waals surface area (Å²) in [4.78, 5) is 6.04. The Balaban J connectivity index is 1.86. The zero-order valence-corrected chi connectivity index (χ0v) is 17.2. The number of imidazole rings is 1. The Kier molecular flexibility index (Phi) is 5.55. The first-order valence-electron chi connectivity index (χ1n) is 9.89. The minimum Gasteiger partial charge on any atom is -0.363 e. The second-order valence-electron chi connectivity index (χ2n) is 7.49. The van der Waals surface area contributed by atoms with Crippen molar-refractivity contribution in [3.05, 3.63) is 114 Å². The Hall–Kier alpha value is -3.54. The van der Waals surface area contributed by atoms with E-state index in [1.165, 1.54) is 12.4 Å². The van der Waals surface area contributed by atoms with Gasteiger partial charge in [-0.2, -0.15) is 13.2 Å². The number of nitrogens with zero attached hydrogens (tertiary/aromatic N) is 3. The van der Waals surface area contributed by atoms with Gasteiger partial charge in [-0.3, -0.25) is 0 Å². The Bertz CT molecular complexity index is 1110. The summed E-state index contributed by atoms with van der Waals surface area (Å²) in [6, 6.07) is 23.4. The molecule has 0 aliphatic heterocycles. The van der Waals surface area contributed by atoms with Gasteiger partial charge in [0.05, 0.1) is 23.6 Å². The van der Waals surface area contributed by atoms with Crippen molar-refractivity contribution in [1.29, 1.82) is 0 Å². The minimum absolute atomic E-state index is 0.247. The molecule has 0 atom stereocenters. The number of rotatable bonds is 5. The van der Waals surface area contributed by atoms with Gasteiger partial charge in [0.2, 0.25) is 0 Å². The van der Waals surface area contributed by atoms with E-state index in [0.717, 1.165) is 22.9 Å². The zero-order chi connectivity index (χ0) is 22.0. The predicted octanol–water partition coefficient (Wildman–Crippen LogP) is 6.43. The summed E-state index contributed by atoms with van der Waals surface area (Å²) in [6.07, 6.45) is -1.22. The molecule has 0 fully saturated rings. The van der Waals surface area contributed by atoms with Crippen LogP contribution in [0.5, 0.6) is 0 Å². The molecule has 0 bridgehead atoms. The van der Waals surface area contributed by atoms with Crippen LogP contribution in [0, 0.1) is 6.92 Å². The molecule has 3 nitrogen and oxygen atoms in total. The van der Waals surface area contributed by atoms with Gasteiger partial charge < -0.3 is 9.47 Å². The summed E-state index contributed by atoms with van der Waals surface area (Å²) in [5.74, 6) is 0. The fourth-order valence-electron chi connectivity index (χ4n) is 3.73. The van der Waals surface area contributed by atoms with Crippen LogP contribution in [0.25, 0.3) is 5.69 Å². The predicted molar refractivity (Wildman–Crippen MR) is 116 cm³/mol. The molecular weight excluding hydrogens is 399 g/mol. The summed E-state index contributed by atoms with van der Waals surface area (Å²) in [5, 5.41) is 0. The maximum Gasteiger partial charge on any atom is 0.416 e. The van der Waals surface area contributed by atoms with Crippen LogP contribution >= 0.6 is 0 Å². The highest BCUT2D eigenvalue weighted by Gasteiger charge is 2.32. The molecule has 1 aromatic heterocycles. The van der Waals surface area contributed by atoms with Crippen molar-refractivity contribution in [1.82, 2.24) is 9.55 Å². The summed E-state index contributed by atoms with van der Waals surface area (Å²) < 4.78 is 42.8. The Morgan fingerprint density at radius 1 is 0.871 bits per heavy atom. The number of anilines is 1. The molecule has 3 aromatic carbocycles. The lowest BCUT2D eigenvalue weighted by Crippen LogP contribution is -2.26. The van der Waals surface area contributed by atoms with Crippen molar-refractivity contribution in [2.24, 2.45) is 0 Å². The molecule has 31 heavy (non-hydrogen) atoms. The molecule has 0 aliphatic rings. The molecule has 0 amide bonds. The zero-order valence-electron chi connectivity index (χ0n) is 17.2. The van der Waals surface area contributed by atoms with E-state index in [9.17, 15) is 13.2 Å². The van der Waals surface area contributed by atoms with Gasteiger partial charge in [-0.1, -0.05) is 60.7 Å². The molecule has 6 heteroatoms. The fourth-order valence-corrected chi connectivity index (χ4v) is 3.73. The number of aryl methyl sites for hydroxylation is 1. The highest BCUT2D eigenvalue weighted by molar-refractivity contribution is 5.59. The largest absolute Gasteiger partial charge is 0.416 e. The Morgan fingerprint density at radius 3 is 1.94 bits per heavy atom. The summed E-state index contributed by atoms with van der Waals surface area (Å²) in [7, 11) is 1.82. The van der Waals surface area contributed by atoms with Crippen LogP contribution in [0.4, 0.5) is 18.9 Å². The lowest BCUT2D eigenvalue weighted by Gasteiger charge is -2.32. The molecular formula is C25H22F3N3. The summed E-state index contributed by atoms with van der Waals surface area (Å²) in [5.41, 5.74) is 2.91. The van der Waals surface area contributed by atoms with E-state index < -0.39 is 11.7 Å². The van der Waals surface area contributed by atoms with Crippen LogP contribution in [-0.4, -0.2) is 16.6 Å². The molecule has 0 saturated heterocycles. The molecule has 1 heterocycles. The van der Waals surface area contributed by atoms with E-state index in [0.29, 0.717) is 11.4 Å². The third-order valence-electron chi connectivity index (χ3n) is 5.26. The van der Waals surface area contributed by atoms with E-state index in [1.807, 2.05) is 72.6 Å². The monoisotopic (exact) mass is 421 g/mol. The lowest BCUT2D eigenvalue weighted by atomic mass is 9.96. The van der Waals surface area contributed by atoms with Crippen LogP contribution in [0.1, 0.15) is 28.4 Å². The first-order valence-corrected chi connectivity index (χ1v) is 9.89. The molecule has 0 saturated carbocycles. The van der Waals surface area contributed by atoms with E-state index in [2.05, 4.69) is 4.98 Å². The van der Waals surface area contributed by atoms with Gasteiger partial charge in [0.25, 0.3) is 0 Å². The fraction of sp³-hybridized carbons (Fsp3) is 0.160. The molecule has 4 rings (SSSR count). The van der Waals surface area contributed by atoms with Crippen LogP contribution in [0.3, 0.4) is 0 Å². The topological polar surface area (TPSA) is 21.1 Å². The Labute approximate surface area is 179 Å². The number of alkyl halides is 3. The lowest BCUT2D eigenvalue weighted by molar-refractivity contribution is -0.137. The van der Waals surface area contributed by atoms with Gasteiger partial charge in [0, 0.05) is 24.6 Å². The standard InChI is InChI=1S/C25H22F3N3/c1-18-16-31(17-29-18)23-14-21(25(26,27)28)13-22(15-23)30(2)24(19-9-5-3-6-10-19)20-11-7-4-8-12-20/h3-17,24H,1-2H3. The number of benzene rings is 3. The van der Waals surface area contributed by atoms with Gasteiger partial charge >= 0.3 is 6.18 Å². The quantitative estimate of drug-likeness (QED) is 0.370. The normalized spacial score (nSPS) is 11.7. The molecule has 4 aromatic rings. The van der Waals surface area contributed by atoms with Crippen LogP contribution < -0.4 is 4.90 Å². The maximum atomic E-state index is 13.7. The summed E-state index contributed by atoms with van der Waals surface area (Å²) >= 11 is 0. The molecule has 0 N–H and O–H groups in total. The maximum absolute atomic E-state index is 13.7. The average molecular weight is 421 g/mol. The minimum atomic E-state index is -4.46. The van der Waals surface area contributed by atoms with Gasteiger partial charge in [0.1, 0.15) is 0 Å². The van der Waals surface area contributed by atoms with Crippen molar-refractivity contribution in [2.75, 3.05) is 11.9 Å². The van der Waals surface area contributed by atoms with E-state index >= 15 is 0 Å². The second kappa shape index (κ2) is 8.30. The van der Waals surface area contributed by atoms with Crippen LogP contribution in [0.2, 0.25) is 0 Å². The molecule has 0 unspecified atom stereocenters. The third kappa shape index (κ3) is 4.48. The van der Waals surface area contributed by atoms with Crippen molar-refractivity contribution in [2.45, 2.75) is 19.1 Å². The first kappa shape index (κ1) is 20.7. The van der Waals surface area contributed by atoms with Crippen molar-refractivity contribution in [3.63, 3.8) is 0 Å². The van der Waals surface area contributed by atoms with Crippen molar-refractivity contribution in [3.8, 4) is 5.69 Å². The highest BCUT2D eigenvalue weighted by Crippen LogP contribution is 2.37.